The maximum Gasteiger partial charge on any atom is 0.410 e. The Morgan fingerprint density at radius 3 is 2.68 bits per heavy atom. The van der Waals surface area contributed by atoms with Gasteiger partial charge in [0, 0.05) is 20.1 Å². The standard InChI is InChI=1S/C24H31N5O5/c1-13-20(34-15-7-8-16-17(11-15)21(16)23(30)31)10-9-18(25-13)22-19(29(3)27-26-22)12-33-24(32)28(2)14-5-4-6-14/h9-10,14-17,21H,4-8,11-12H2,1-3H3,(H,30,31)/t15-,16-,17+,21?/m1/s1. The molecule has 1 N–H and O–H groups in total. The Labute approximate surface area is 198 Å². The summed E-state index contributed by atoms with van der Waals surface area (Å²) in [6, 6.07) is 3.97. The first-order chi connectivity index (χ1) is 16.3. The molecule has 0 spiro atoms. The number of aryl methyl sites for hydroxylation is 2. The Bertz CT molecular complexity index is 1100. The second-order valence-electron chi connectivity index (χ2n) is 9.78. The van der Waals surface area contributed by atoms with Gasteiger partial charge in [-0.05, 0) is 69.4 Å². The van der Waals surface area contributed by atoms with Crippen molar-refractivity contribution in [1.82, 2.24) is 24.9 Å². The van der Waals surface area contributed by atoms with Crippen LogP contribution in [0.15, 0.2) is 12.1 Å². The number of amides is 1. The number of hydrogen-bond donors (Lipinski definition) is 1. The van der Waals surface area contributed by atoms with E-state index in [1.807, 2.05) is 19.1 Å². The average Bonchev–Trinajstić information content (AvgIpc) is 3.38. The van der Waals surface area contributed by atoms with E-state index in [1.165, 1.54) is 0 Å². The van der Waals surface area contributed by atoms with Gasteiger partial charge < -0.3 is 19.5 Å². The monoisotopic (exact) mass is 469 g/mol. The van der Waals surface area contributed by atoms with Gasteiger partial charge in [-0.15, -0.1) is 5.10 Å². The Hall–Kier alpha value is -3.17. The highest BCUT2D eigenvalue weighted by Crippen LogP contribution is 2.56. The van der Waals surface area contributed by atoms with E-state index >= 15 is 0 Å². The summed E-state index contributed by atoms with van der Waals surface area (Å²) in [6.07, 6.45) is 5.38. The van der Waals surface area contributed by atoms with E-state index in [9.17, 15) is 14.7 Å². The lowest BCUT2D eigenvalue weighted by molar-refractivity contribution is -0.139. The van der Waals surface area contributed by atoms with Crippen LogP contribution in [0.5, 0.6) is 5.75 Å². The highest BCUT2D eigenvalue weighted by molar-refractivity contribution is 5.74. The van der Waals surface area contributed by atoms with Crippen molar-refractivity contribution in [1.29, 1.82) is 0 Å². The van der Waals surface area contributed by atoms with Gasteiger partial charge in [0.25, 0.3) is 0 Å². The minimum Gasteiger partial charge on any atom is -0.489 e. The van der Waals surface area contributed by atoms with Crippen LogP contribution in [-0.4, -0.2) is 61.2 Å². The zero-order chi connectivity index (χ0) is 24.0. The van der Waals surface area contributed by atoms with Crippen LogP contribution in [0, 0.1) is 24.7 Å². The first-order valence-electron chi connectivity index (χ1n) is 12.0. The number of carbonyl (C=O) groups excluding carboxylic acids is 1. The molecular weight excluding hydrogens is 438 g/mol. The first kappa shape index (κ1) is 22.6. The van der Waals surface area contributed by atoms with E-state index in [4.69, 9.17) is 9.47 Å². The molecule has 4 atom stereocenters. The number of hydrogen-bond acceptors (Lipinski definition) is 7. The molecule has 10 nitrogen and oxygen atoms in total. The Morgan fingerprint density at radius 2 is 2.00 bits per heavy atom. The van der Waals surface area contributed by atoms with Crippen LogP contribution in [0.3, 0.4) is 0 Å². The first-order valence-corrected chi connectivity index (χ1v) is 12.0. The zero-order valence-corrected chi connectivity index (χ0v) is 19.8. The van der Waals surface area contributed by atoms with Crippen LogP contribution >= 0.6 is 0 Å². The SMILES string of the molecule is Cc1nc(-c2nnn(C)c2COC(=O)N(C)C2CCC2)ccc1O[C@@H]1CC[C@H]2C(C(=O)O)[C@H]2C1. The fourth-order valence-electron chi connectivity index (χ4n) is 5.31. The number of ether oxygens (including phenoxy) is 2. The highest BCUT2D eigenvalue weighted by atomic mass is 16.6. The maximum absolute atomic E-state index is 12.4. The van der Waals surface area contributed by atoms with Crippen molar-refractivity contribution in [3.63, 3.8) is 0 Å². The fourth-order valence-corrected chi connectivity index (χ4v) is 5.31. The summed E-state index contributed by atoms with van der Waals surface area (Å²) in [7, 11) is 3.54. The van der Waals surface area contributed by atoms with Gasteiger partial charge >= 0.3 is 12.1 Å². The lowest BCUT2D eigenvalue weighted by Crippen LogP contribution is -2.41. The van der Waals surface area contributed by atoms with Crippen LogP contribution in [0.25, 0.3) is 11.4 Å². The number of rotatable bonds is 7. The van der Waals surface area contributed by atoms with E-state index in [1.54, 1.807) is 23.7 Å². The molecule has 2 aromatic heterocycles. The van der Waals surface area contributed by atoms with Gasteiger partial charge in [-0.3, -0.25) is 4.79 Å². The van der Waals surface area contributed by atoms with E-state index < -0.39 is 5.97 Å². The van der Waals surface area contributed by atoms with Crippen molar-refractivity contribution in [3.05, 3.63) is 23.5 Å². The number of fused-ring (bicyclic) bond motifs is 1. The summed E-state index contributed by atoms with van der Waals surface area (Å²) >= 11 is 0. The maximum atomic E-state index is 12.4. The largest absolute Gasteiger partial charge is 0.489 e. The molecule has 10 heteroatoms. The van der Waals surface area contributed by atoms with Gasteiger partial charge in [0.15, 0.2) is 0 Å². The van der Waals surface area contributed by atoms with Crippen LogP contribution in [0.1, 0.15) is 49.9 Å². The van der Waals surface area contributed by atoms with Crippen molar-refractivity contribution in [2.24, 2.45) is 24.8 Å². The molecule has 3 saturated carbocycles. The van der Waals surface area contributed by atoms with Crippen molar-refractivity contribution < 1.29 is 24.2 Å². The van der Waals surface area contributed by atoms with Gasteiger partial charge in [-0.25, -0.2) is 14.5 Å². The second-order valence-corrected chi connectivity index (χ2v) is 9.78. The molecule has 1 amide bonds. The van der Waals surface area contributed by atoms with Crippen LogP contribution in [-0.2, 0) is 23.2 Å². The summed E-state index contributed by atoms with van der Waals surface area (Å²) in [5.41, 5.74) is 2.60. The van der Waals surface area contributed by atoms with Gasteiger partial charge in [0.1, 0.15) is 23.7 Å². The Balaban J connectivity index is 1.24. The zero-order valence-electron chi connectivity index (χ0n) is 19.8. The predicted molar refractivity (Wildman–Crippen MR) is 121 cm³/mol. The number of carboxylic acid groups (broad SMARTS) is 1. The molecular formula is C24H31N5O5. The van der Waals surface area contributed by atoms with Crippen molar-refractivity contribution in [3.8, 4) is 17.1 Å². The number of pyridine rings is 1. The molecule has 0 aliphatic heterocycles. The topological polar surface area (TPSA) is 120 Å². The summed E-state index contributed by atoms with van der Waals surface area (Å²) in [5.74, 6) is 0.359. The predicted octanol–water partition coefficient (Wildman–Crippen LogP) is 3.18. The lowest BCUT2D eigenvalue weighted by atomic mass is 9.92. The van der Waals surface area contributed by atoms with Crippen LogP contribution in [0.4, 0.5) is 4.79 Å². The van der Waals surface area contributed by atoms with Gasteiger partial charge in [-0.2, -0.15) is 0 Å². The number of aromatic nitrogens is 4. The third kappa shape index (κ3) is 4.21. The summed E-state index contributed by atoms with van der Waals surface area (Å²) in [5, 5.41) is 17.7. The minimum atomic E-state index is -0.682. The molecule has 0 saturated heterocycles. The number of carboxylic acids is 1. The number of nitrogens with zero attached hydrogens (tertiary/aromatic N) is 5. The quantitative estimate of drug-likeness (QED) is 0.657. The van der Waals surface area contributed by atoms with Crippen LogP contribution < -0.4 is 4.74 Å². The summed E-state index contributed by atoms with van der Waals surface area (Å²) in [4.78, 5) is 30.1. The summed E-state index contributed by atoms with van der Waals surface area (Å²) in [6.45, 7) is 1.94. The normalized spacial score (nSPS) is 25.7. The Kier molecular flexibility index (Phi) is 5.91. The van der Waals surface area contributed by atoms with E-state index in [0.29, 0.717) is 28.7 Å². The molecule has 2 aromatic rings. The van der Waals surface area contributed by atoms with E-state index in [0.717, 1.165) is 44.2 Å². The average molecular weight is 470 g/mol. The molecule has 182 valence electrons. The lowest BCUT2D eigenvalue weighted by Gasteiger charge is -2.33. The molecule has 3 aliphatic carbocycles. The fraction of sp³-hybridized carbons (Fsp3) is 0.625. The smallest absolute Gasteiger partial charge is 0.410 e. The molecule has 3 aliphatic rings. The highest BCUT2D eigenvalue weighted by Gasteiger charge is 2.57. The molecule has 0 bridgehead atoms. The molecule has 5 rings (SSSR count). The van der Waals surface area contributed by atoms with Gasteiger partial charge in [0.2, 0.25) is 0 Å². The molecule has 34 heavy (non-hydrogen) atoms. The molecule has 1 unspecified atom stereocenters. The van der Waals surface area contributed by atoms with Gasteiger partial charge in [0.05, 0.1) is 23.4 Å². The van der Waals surface area contributed by atoms with E-state index in [-0.39, 0.29) is 36.7 Å². The van der Waals surface area contributed by atoms with Crippen molar-refractivity contribution >= 4 is 12.1 Å². The second kappa shape index (κ2) is 8.88. The third-order valence-corrected chi connectivity index (χ3v) is 7.73. The Morgan fingerprint density at radius 1 is 1.21 bits per heavy atom. The number of carbonyl (C=O) groups is 2. The van der Waals surface area contributed by atoms with Crippen molar-refractivity contribution in [2.75, 3.05) is 7.05 Å². The van der Waals surface area contributed by atoms with Gasteiger partial charge in [-0.1, -0.05) is 5.21 Å². The molecule has 2 heterocycles. The minimum absolute atomic E-state index is 0.0103. The molecule has 0 radical (unpaired) electrons. The van der Waals surface area contributed by atoms with Crippen molar-refractivity contribution in [2.45, 2.75) is 64.2 Å². The molecule has 0 aromatic carbocycles. The van der Waals surface area contributed by atoms with E-state index in [2.05, 4.69) is 15.3 Å². The molecule has 3 fully saturated rings. The van der Waals surface area contributed by atoms with Crippen LogP contribution in [0.2, 0.25) is 0 Å². The number of aliphatic carboxylic acids is 1. The summed E-state index contributed by atoms with van der Waals surface area (Å²) < 4.78 is 13.3. The third-order valence-electron chi connectivity index (χ3n) is 7.73.